The number of aromatic amines is 1. The average molecular weight is 424 g/mol. The summed E-state index contributed by atoms with van der Waals surface area (Å²) in [6.45, 7) is 2.54. The maximum atomic E-state index is 14.1. The van der Waals surface area contributed by atoms with Gasteiger partial charge in [-0.2, -0.15) is 4.39 Å². The number of H-pyrrole nitrogens is 1. The first-order chi connectivity index (χ1) is 15.0. The lowest BCUT2D eigenvalue weighted by atomic mass is 9.86. The Labute approximate surface area is 178 Å². The van der Waals surface area contributed by atoms with Crippen molar-refractivity contribution in [2.24, 2.45) is 0 Å². The topological polar surface area (TPSA) is 112 Å². The van der Waals surface area contributed by atoms with Crippen LogP contribution in [0.3, 0.4) is 0 Å². The number of hydrogen-bond donors (Lipinski definition) is 4. The maximum Gasteiger partial charge on any atom is 0.269 e. The third kappa shape index (κ3) is 4.56. The number of nitrogens with zero attached hydrogens (tertiary/aromatic N) is 2. The van der Waals surface area contributed by atoms with Crippen molar-refractivity contribution in [2.45, 2.75) is 44.8 Å². The van der Waals surface area contributed by atoms with Gasteiger partial charge in [0.15, 0.2) is 0 Å². The fraction of sp³-hybridized carbons (Fsp3) is 0.364. The molecule has 0 bridgehead atoms. The Morgan fingerprint density at radius 2 is 2.06 bits per heavy atom. The fourth-order valence-corrected chi connectivity index (χ4v) is 3.72. The molecule has 31 heavy (non-hydrogen) atoms. The summed E-state index contributed by atoms with van der Waals surface area (Å²) in [5.41, 5.74) is 2.67. The van der Waals surface area contributed by atoms with E-state index in [2.05, 4.69) is 30.9 Å². The Morgan fingerprint density at radius 1 is 1.26 bits per heavy atom. The zero-order valence-electron chi connectivity index (χ0n) is 17.5. The van der Waals surface area contributed by atoms with Gasteiger partial charge in [-0.3, -0.25) is 14.6 Å². The van der Waals surface area contributed by atoms with Crippen molar-refractivity contribution in [1.29, 1.82) is 0 Å². The molecule has 1 aliphatic rings. The van der Waals surface area contributed by atoms with Crippen LogP contribution in [-0.4, -0.2) is 40.0 Å². The fourth-order valence-electron chi connectivity index (χ4n) is 3.72. The van der Waals surface area contributed by atoms with Gasteiger partial charge in [-0.1, -0.05) is 6.92 Å². The largest absolute Gasteiger partial charge is 0.378 e. The van der Waals surface area contributed by atoms with E-state index in [1.165, 1.54) is 19.2 Å². The normalized spacial score (nSPS) is 17.9. The number of amides is 1. The van der Waals surface area contributed by atoms with Gasteiger partial charge in [0.25, 0.3) is 11.5 Å². The molecule has 3 heterocycles. The van der Waals surface area contributed by atoms with Gasteiger partial charge in [0.05, 0.1) is 16.9 Å². The Morgan fingerprint density at radius 3 is 2.77 bits per heavy atom. The van der Waals surface area contributed by atoms with Crippen molar-refractivity contribution in [1.82, 2.24) is 25.6 Å². The van der Waals surface area contributed by atoms with Crippen LogP contribution in [0.4, 0.5) is 10.1 Å². The van der Waals surface area contributed by atoms with Crippen molar-refractivity contribution in [2.75, 3.05) is 12.4 Å². The maximum absolute atomic E-state index is 14.1. The number of pyridine rings is 3. The molecule has 0 aliphatic heterocycles. The van der Waals surface area contributed by atoms with E-state index in [0.29, 0.717) is 18.7 Å². The smallest absolute Gasteiger partial charge is 0.269 e. The van der Waals surface area contributed by atoms with Crippen molar-refractivity contribution in [3.63, 3.8) is 0 Å². The van der Waals surface area contributed by atoms with E-state index in [9.17, 15) is 14.0 Å². The summed E-state index contributed by atoms with van der Waals surface area (Å²) in [7, 11) is 1.48. The molecule has 8 nitrogen and oxygen atoms in total. The van der Waals surface area contributed by atoms with Crippen molar-refractivity contribution >= 4 is 22.5 Å². The first kappa shape index (κ1) is 20.9. The molecule has 162 valence electrons. The van der Waals surface area contributed by atoms with Gasteiger partial charge < -0.3 is 20.9 Å². The first-order valence-corrected chi connectivity index (χ1v) is 10.4. The van der Waals surface area contributed by atoms with E-state index < -0.39 is 11.9 Å². The predicted molar refractivity (Wildman–Crippen MR) is 117 cm³/mol. The van der Waals surface area contributed by atoms with E-state index >= 15 is 0 Å². The molecular weight excluding hydrogens is 399 g/mol. The highest BCUT2D eigenvalue weighted by atomic mass is 19.1. The Bertz CT molecular complexity index is 1170. The second-order valence-electron chi connectivity index (χ2n) is 7.74. The molecule has 1 amide bonds. The highest BCUT2D eigenvalue weighted by Gasteiger charge is 2.29. The van der Waals surface area contributed by atoms with Crippen LogP contribution in [0.5, 0.6) is 0 Å². The van der Waals surface area contributed by atoms with Crippen LogP contribution in [0, 0.1) is 5.95 Å². The SMILES string of the molecule is CCc1cc2cnc(CNC3CC(Nc4ccc(C(=O)NC)nc4F)C3)cc2[nH]c1=O. The molecule has 0 aromatic carbocycles. The van der Waals surface area contributed by atoms with Gasteiger partial charge in [-0.25, -0.2) is 4.98 Å². The van der Waals surface area contributed by atoms with E-state index in [1.54, 1.807) is 6.20 Å². The van der Waals surface area contributed by atoms with Crippen LogP contribution in [-0.2, 0) is 13.0 Å². The lowest BCUT2D eigenvalue weighted by Crippen LogP contribution is -2.47. The molecule has 1 aliphatic carbocycles. The summed E-state index contributed by atoms with van der Waals surface area (Å²) in [6, 6.07) is 7.24. The predicted octanol–water partition coefficient (Wildman–Crippen LogP) is 2.11. The molecule has 0 saturated heterocycles. The second kappa shape index (κ2) is 8.81. The third-order valence-electron chi connectivity index (χ3n) is 5.62. The number of carbonyl (C=O) groups excluding carboxylic acids is 1. The van der Waals surface area contributed by atoms with Crippen LogP contribution < -0.4 is 21.5 Å². The van der Waals surface area contributed by atoms with Crippen molar-refractivity contribution < 1.29 is 9.18 Å². The molecule has 0 radical (unpaired) electrons. The Kier molecular flexibility index (Phi) is 5.94. The highest BCUT2D eigenvalue weighted by Crippen LogP contribution is 2.25. The number of nitrogens with one attached hydrogen (secondary N) is 4. The third-order valence-corrected chi connectivity index (χ3v) is 5.62. The van der Waals surface area contributed by atoms with Crippen molar-refractivity contribution in [3.05, 3.63) is 63.7 Å². The molecule has 1 fully saturated rings. The van der Waals surface area contributed by atoms with Gasteiger partial charge in [0.1, 0.15) is 5.69 Å². The monoisotopic (exact) mass is 424 g/mol. The number of halogens is 1. The number of fused-ring (bicyclic) bond motifs is 1. The molecule has 0 atom stereocenters. The van der Waals surface area contributed by atoms with Gasteiger partial charge in [0, 0.05) is 42.8 Å². The van der Waals surface area contributed by atoms with E-state index in [-0.39, 0.29) is 23.3 Å². The lowest BCUT2D eigenvalue weighted by molar-refractivity contribution is 0.0957. The number of carbonyl (C=O) groups is 1. The molecule has 0 unspecified atom stereocenters. The number of aromatic nitrogens is 3. The second-order valence-corrected chi connectivity index (χ2v) is 7.74. The quantitative estimate of drug-likeness (QED) is 0.432. The molecule has 4 N–H and O–H groups in total. The van der Waals surface area contributed by atoms with Crippen LogP contribution in [0.25, 0.3) is 10.9 Å². The summed E-state index contributed by atoms with van der Waals surface area (Å²) < 4.78 is 14.1. The van der Waals surface area contributed by atoms with Gasteiger partial charge in [0.2, 0.25) is 5.95 Å². The molecular formula is C22H25FN6O2. The molecule has 3 aromatic heterocycles. The van der Waals surface area contributed by atoms with Crippen molar-refractivity contribution in [3.8, 4) is 0 Å². The lowest BCUT2D eigenvalue weighted by Gasteiger charge is -2.37. The summed E-state index contributed by atoms with van der Waals surface area (Å²) in [4.78, 5) is 34.7. The standard InChI is InChI=1S/C22H25FN6O2/c1-3-12-6-13-10-25-16(9-19(13)29-21(12)30)11-26-14-7-15(8-14)27-17-4-5-18(22(31)24-2)28-20(17)23/h4-6,9-10,14-15,26-27H,3,7-8,11H2,1-2H3,(H,24,31)(H,29,30). The molecule has 3 aromatic rings. The highest BCUT2D eigenvalue weighted by molar-refractivity contribution is 5.92. The minimum absolute atomic E-state index is 0.0499. The summed E-state index contributed by atoms with van der Waals surface area (Å²) in [5.74, 6) is -1.10. The molecule has 1 saturated carbocycles. The van der Waals surface area contributed by atoms with Crippen LogP contribution in [0.15, 0.2) is 35.3 Å². The Hall–Kier alpha value is -3.33. The van der Waals surface area contributed by atoms with Crippen LogP contribution in [0.2, 0.25) is 0 Å². The zero-order chi connectivity index (χ0) is 22.0. The molecule has 4 rings (SSSR count). The Balaban J connectivity index is 1.29. The number of anilines is 1. The zero-order valence-corrected chi connectivity index (χ0v) is 17.5. The van der Waals surface area contributed by atoms with E-state index in [1.807, 2.05) is 19.1 Å². The van der Waals surface area contributed by atoms with Gasteiger partial charge in [-0.15, -0.1) is 0 Å². The number of hydrogen-bond acceptors (Lipinski definition) is 6. The summed E-state index contributed by atoms with van der Waals surface area (Å²) >= 11 is 0. The van der Waals surface area contributed by atoms with Gasteiger partial charge >= 0.3 is 0 Å². The van der Waals surface area contributed by atoms with Crippen LogP contribution in [0.1, 0.15) is 41.5 Å². The first-order valence-electron chi connectivity index (χ1n) is 10.4. The van der Waals surface area contributed by atoms with E-state index in [4.69, 9.17) is 0 Å². The van der Waals surface area contributed by atoms with E-state index in [0.717, 1.165) is 35.0 Å². The summed E-state index contributed by atoms with van der Waals surface area (Å²) in [5, 5.41) is 9.92. The minimum atomic E-state index is -0.682. The average Bonchev–Trinajstić information content (AvgIpc) is 2.74. The molecule has 9 heteroatoms. The molecule has 0 spiro atoms. The minimum Gasteiger partial charge on any atom is -0.378 e. The number of aryl methyl sites for hydroxylation is 1. The number of rotatable bonds is 7. The van der Waals surface area contributed by atoms with Crippen LogP contribution >= 0.6 is 0 Å². The van der Waals surface area contributed by atoms with Gasteiger partial charge in [-0.05, 0) is 43.5 Å². The summed E-state index contributed by atoms with van der Waals surface area (Å²) in [6.07, 6.45) is 4.14.